The molecule has 1 aliphatic heterocycles. The number of nitrogens with zero attached hydrogens (tertiary/aromatic N) is 1. The zero-order valence-corrected chi connectivity index (χ0v) is 14.6. The number of fused-ring (bicyclic) bond motifs is 1. The maximum Gasteiger partial charge on any atom is 0.239 e. The van der Waals surface area contributed by atoms with Crippen molar-refractivity contribution >= 4 is 33.1 Å². The first kappa shape index (κ1) is 16.8. The first-order chi connectivity index (χ1) is 11.4. The second-order valence-corrected chi connectivity index (χ2v) is 7.78. The summed E-state index contributed by atoms with van der Waals surface area (Å²) in [6, 6.07) is 11.7. The van der Waals surface area contributed by atoms with Gasteiger partial charge in [-0.2, -0.15) is 0 Å². The highest BCUT2D eigenvalue weighted by atomic mass is 35.5. The number of methoxy groups -OCH3 is 1. The maximum absolute atomic E-state index is 12.9. The van der Waals surface area contributed by atoms with Crippen LogP contribution in [0.2, 0.25) is 5.02 Å². The van der Waals surface area contributed by atoms with Gasteiger partial charge >= 0.3 is 0 Å². The molecule has 0 bridgehead atoms. The van der Waals surface area contributed by atoms with Crippen LogP contribution in [0.1, 0.15) is 22.3 Å². The molecular weight excluding hydrogens is 350 g/mol. The van der Waals surface area contributed by atoms with Gasteiger partial charge in [0.05, 0.1) is 18.6 Å². The van der Waals surface area contributed by atoms with Gasteiger partial charge in [-0.1, -0.05) is 29.8 Å². The molecule has 24 heavy (non-hydrogen) atoms. The first-order valence-corrected chi connectivity index (χ1v) is 9.36. The Morgan fingerprint density at radius 3 is 2.67 bits per heavy atom. The highest BCUT2D eigenvalue weighted by Gasteiger charge is 2.31. The van der Waals surface area contributed by atoms with E-state index in [2.05, 4.69) is 0 Å². The monoisotopic (exact) mass is 365 g/mol. The van der Waals surface area contributed by atoms with Crippen LogP contribution in [-0.2, 0) is 15.8 Å². The van der Waals surface area contributed by atoms with E-state index in [1.807, 2.05) is 0 Å². The molecule has 1 aliphatic rings. The molecule has 1 heterocycles. The van der Waals surface area contributed by atoms with Crippen molar-refractivity contribution < 1.29 is 17.9 Å². The molecule has 0 N–H and O–H groups in total. The van der Waals surface area contributed by atoms with Crippen LogP contribution in [0.4, 0.5) is 5.69 Å². The number of hydrogen-bond donors (Lipinski definition) is 0. The van der Waals surface area contributed by atoms with Crippen LogP contribution in [0.3, 0.4) is 0 Å². The molecule has 0 spiro atoms. The van der Waals surface area contributed by atoms with E-state index in [1.165, 1.54) is 11.4 Å². The van der Waals surface area contributed by atoms with Gasteiger partial charge in [0, 0.05) is 23.6 Å². The molecule has 0 atom stereocenters. The molecule has 5 nitrogen and oxygen atoms in total. The quantitative estimate of drug-likeness (QED) is 0.834. The third kappa shape index (κ3) is 3.12. The summed E-state index contributed by atoms with van der Waals surface area (Å²) in [4.78, 5) is 12.1. The third-order valence-corrected chi connectivity index (χ3v) is 6.04. The number of anilines is 1. The third-order valence-electron chi connectivity index (χ3n) is 3.95. The zero-order chi connectivity index (χ0) is 17.3. The van der Waals surface area contributed by atoms with Crippen molar-refractivity contribution in [3.05, 3.63) is 58.6 Å². The number of sulfonamides is 1. The van der Waals surface area contributed by atoms with Crippen LogP contribution < -0.4 is 9.04 Å². The summed E-state index contributed by atoms with van der Waals surface area (Å²) in [5.41, 5.74) is 1.29. The fourth-order valence-electron chi connectivity index (χ4n) is 2.72. The van der Waals surface area contributed by atoms with Crippen molar-refractivity contribution in [2.24, 2.45) is 0 Å². The van der Waals surface area contributed by atoms with Gasteiger partial charge in [-0.3, -0.25) is 9.10 Å². The number of ether oxygens (including phenoxy) is 1. The van der Waals surface area contributed by atoms with Crippen LogP contribution in [0, 0.1) is 0 Å². The van der Waals surface area contributed by atoms with Crippen molar-refractivity contribution in [1.29, 1.82) is 0 Å². The maximum atomic E-state index is 12.9. The minimum Gasteiger partial charge on any atom is -0.497 e. The van der Waals surface area contributed by atoms with Crippen LogP contribution >= 0.6 is 11.6 Å². The summed E-state index contributed by atoms with van der Waals surface area (Å²) in [5, 5.41) is 0.407. The predicted molar refractivity (Wildman–Crippen MR) is 93.4 cm³/mol. The molecule has 0 unspecified atom stereocenters. The SMILES string of the molecule is COc1ccc2c(c1)C(=O)CCN2S(=O)(=O)Cc1ccccc1Cl. The van der Waals surface area contributed by atoms with Crippen molar-refractivity contribution in [2.45, 2.75) is 12.2 Å². The van der Waals surface area contributed by atoms with Gasteiger partial charge in [0.1, 0.15) is 5.75 Å². The van der Waals surface area contributed by atoms with Gasteiger partial charge in [0.25, 0.3) is 0 Å². The normalized spacial score (nSPS) is 14.4. The molecule has 0 radical (unpaired) electrons. The van der Waals surface area contributed by atoms with E-state index < -0.39 is 10.0 Å². The summed E-state index contributed by atoms with van der Waals surface area (Å²) < 4.78 is 32.1. The fourth-order valence-corrected chi connectivity index (χ4v) is 4.63. The van der Waals surface area contributed by atoms with Crippen molar-refractivity contribution in [3.8, 4) is 5.75 Å². The summed E-state index contributed by atoms with van der Waals surface area (Å²) in [6.07, 6.45) is 0.141. The van der Waals surface area contributed by atoms with Crippen molar-refractivity contribution in [1.82, 2.24) is 0 Å². The Morgan fingerprint density at radius 1 is 1.21 bits per heavy atom. The van der Waals surface area contributed by atoms with E-state index in [0.717, 1.165) is 0 Å². The lowest BCUT2D eigenvalue weighted by Crippen LogP contribution is -2.38. The number of halogens is 1. The summed E-state index contributed by atoms with van der Waals surface area (Å²) in [7, 11) is -2.16. The Labute approximate surface area is 145 Å². The highest BCUT2D eigenvalue weighted by molar-refractivity contribution is 7.92. The minimum atomic E-state index is -3.66. The van der Waals surface area contributed by atoms with Gasteiger partial charge < -0.3 is 4.74 Å². The van der Waals surface area contributed by atoms with Gasteiger partial charge in [-0.15, -0.1) is 0 Å². The van der Waals surface area contributed by atoms with E-state index in [-0.39, 0.29) is 24.5 Å². The van der Waals surface area contributed by atoms with Gasteiger partial charge in [-0.25, -0.2) is 8.42 Å². The number of carbonyl (C=O) groups is 1. The summed E-state index contributed by atoms with van der Waals surface area (Å²) in [6.45, 7) is 0.130. The lowest BCUT2D eigenvalue weighted by atomic mass is 10.0. The molecule has 0 amide bonds. The smallest absolute Gasteiger partial charge is 0.239 e. The summed E-state index contributed by atoms with van der Waals surface area (Å²) >= 11 is 6.08. The molecule has 7 heteroatoms. The van der Waals surface area contributed by atoms with E-state index in [1.54, 1.807) is 42.5 Å². The number of rotatable bonds is 4. The molecule has 0 saturated heterocycles. The van der Waals surface area contributed by atoms with Gasteiger partial charge in [0.15, 0.2) is 5.78 Å². The summed E-state index contributed by atoms with van der Waals surface area (Å²) in [5.74, 6) is 0.215. The molecule has 2 aromatic carbocycles. The van der Waals surface area contributed by atoms with E-state index in [0.29, 0.717) is 27.6 Å². The predicted octanol–water partition coefficient (Wildman–Crippen LogP) is 3.27. The Bertz CT molecular complexity index is 895. The standard InChI is InChI=1S/C17H16ClNO4S/c1-23-13-6-7-16-14(10-13)17(20)8-9-19(16)24(21,22)11-12-4-2-3-5-15(12)18/h2-7,10H,8-9,11H2,1H3. The number of Topliss-reactive ketones (excluding diaryl/α,β-unsaturated/α-hetero) is 1. The second-order valence-electron chi connectivity index (χ2n) is 5.48. The Kier molecular flexibility index (Phi) is 4.51. The number of hydrogen-bond acceptors (Lipinski definition) is 4. The first-order valence-electron chi connectivity index (χ1n) is 7.37. The average Bonchev–Trinajstić information content (AvgIpc) is 2.56. The highest BCUT2D eigenvalue weighted by Crippen LogP contribution is 2.33. The molecule has 0 aromatic heterocycles. The van der Waals surface area contributed by atoms with Crippen molar-refractivity contribution in [3.63, 3.8) is 0 Å². The number of ketones is 1. The van der Waals surface area contributed by atoms with Crippen LogP contribution in [0.15, 0.2) is 42.5 Å². The lowest BCUT2D eigenvalue weighted by molar-refractivity contribution is 0.0981. The molecule has 0 fully saturated rings. The van der Waals surface area contributed by atoms with E-state index in [4.69, 9.17) is 16.3 Å². The second kappa shape index (κ2) is 6.45. The molecular formula is C17H16ClNO4S. The Balaban J connectivity index is 2.00. The van der Waals surface area contributed by atoms with Crippen LogP contribution in [-0.4, -0.2) is 27.9 Å². The molecule has 0 aliphatic carbocycles. The van der Waals surface area contributed by atoms with Gasteiger partial charge in [0.2, 0.25) is 10.0 Å². The van der Waals surface area contributed by atoms with Crippen LogP contribution in [0.5, 0.6) is 5.75 Å². The Hall–Kier alpha value is -2.05. The molecule has 3 rings (SSSR count). The van der Waals surface area contributed by atoms with Gasteiger partial charge in [-0.05, 0) is 29.8 Å². The van der Waals surface area contributed by atoms with Crippen molar-refractivity contribution in [2.75, 3.05) is 18.0 Å². The van der Waals surface area contributed by atoms with E-state index >= 15 is 0 Å². The topological polar surface area (TPSA) is 63.7 Å². The molecule has 2 aromatic rings. The minimum absolute atomic E-state index is 0.0897. The fraction of sp³-hybridized carbons (Fsp3) is 0.235. The lowest BCUT2D eigenvalue weighted by Gasteiger charge is -2.30. The Morgan fingerprint density at radius 2 is 1.96 bits per heavy atom. The zero-order valence-electron chi connectivity index (χ0n) is 13.0. The molecule has 126 valence electrons. The van der Waals surface area contributed by atoms with E-state index in [9.17, 15) is 13.2 Å². The van der Waals surface area contributed by atoms with Crippen LogP contribution in [0.25, 0.3) is 0 Å². The molecule has 0 saturated carbocycles. The average molecular weight is 366 g/mol. The largest absolute Gasteiger partial charge is 0.497 e. The number of benzene rings is 2. The number of carbonyl (C=O) groups excluding carboxylic acids is 1.